The van der Waals surface area contributed by atoms with Crippen molar-refractivity contribution in [3.05, 3.63) is 42.5 Å². The average Bonchev–Trinajstić information content (AvgIpc) is 2.89. The first-order valence-corrected chi connectivity index (χ1v) is 6.36. The van der Waals surface area contributed by atoms with Gasteiger partial charge in [0.1, 0.15) is 12.2 Å². The molecule has 0 saturated heterocycles. The summed E-state index contributed by atoms with van der Waals surface area (Å²) in [4.78, 5) is 12.6. The van der Waals surface area contributed by atoms with Crippen LogP contribution in [0.3, 0.4) is 0 Å². The van der Waals surface area contributed by atoms with E-state index in [1.165, 1.54) is 0 Å². The molecule has 0 aliphatic carbocycles. The second kappa shape index (κ2) is 6.26. The maximum atomic E-state index is 4.46. The first-order valence-electron chi connectivity index (χ1n) is 6.36. The van der Waals surface area contributed by atoms with E-state index in [2.05, 4.69) is 38.7 Å². The van der Waals surface area contributed by atoms with Crippen LogP contribution in [0.25, 0.3) is 0 Å². The SMILES string of the molecule is CCCNC(c1cncnc1)c1nccn1CC. The first-order chi connectivity index (χ1) is 8.86. The van der Waals surface area contributed by atoms with Crippen LogP contribution >= 0.6 is 0 Å². The van der Waals surface area contributed by atoms with Crippen LogP contribution in [0.15, 0.2) is 31.1 Å². The quantitative estimate of drug-likeness (QED) is 0.843. The Kier molecular flexibility index (Phi) is 4.41. The number of nitrogens with zero attached hydrogens (tertiary/aromatic N) is 4. The summed E-state index contributed by atoms with van der Waals surface area (Å²) in [6.45, 7) is 6.12. The third-order valence-electron chi connectivity index (χ3n) is 2.86. The van der Waals surface area contributed by atoms with Crippen molar-refractivity contribution in [2.75, 3.05) is 6.54 Å². The highest BCUT2D eigenvalue weighted by Crippen LogP contribution is 2.19. The zero-order valence-electron chi connectivity index (χ0n) is 10.9. The van der Waals surface area contributed by atoms with Crippen molar-refractivity contribution < 1.29 is 0 Å². The maximum Gasteiger partial charge on any atom is 0.130 e. The Labute approximate surface area is 107 Å². The van der Waals surface area contributed by atoms with Gasteiger partial charge in [0.2, 0.25) is 0 Å². The van der Waals surface area contributed by atoms with Crippen molar-refractivity contribution in [1.29, 1.82) is 0 Å². The second-order valence-electron chi connectivity index (χ2n) is 4.13. The molecule has 2 rings (SSSR count). The minimum atomic E-state index is 0.0566. The molecule has 2 aromatic heterocycles. The monoisotopic (exact) mass is 245 g/mol. The molecule has 96 valence electrons. The fraction of sp³-hybridized carbons (Fsp3) is 0.462. The molecule has 0 aliphatic heterocycles. The summed E-state index contributed by atoms with van der Waals surface area (Å²) in [5.41, 5.74) is 1.05. The second-order valence-corrected chi connectivity index (χ2v) is 4.13. The van der Waals surface area contributed by atoms with Gasteiger partial charge >= 0.3 is 0 Å². The van der Waals surface area contributed by atoms with Gasteiger partial charge in [-0.3, -0.25) is 0 Å². The van der Waals surface area contributed by atoms with E-state index in [1.807, 2.05) is 24.8 Å². The summed E-state index contributed by atoms with van der Waals surface area (Å²) in [5.74, 6) is 1.01. The molecule has 2 heterocycles. The fourth-order valence-corrected chi connectivity index (χ4v) is 1.96. The number of hydrogen-bond acceptors (Lipinski definition) is 4. The van der Waals surface area contributed by atoms with E-state index < -0.39 is 0 Å². The van der Waals surface area contributed by atoms with Crippen molar-refractivity contribution in [2.24, 2.45) is 0 Å². The normalized spacial score (nSPS) is 12.6. The maximum absolute atomic E-state index is 4.46. The minimum Gasteiger partial charge on any atom is -0.334 e. The van der Waals surface area contributed by atoms with E-state index in [-0.39, 0.29) is 6.04 Å². The predicted molar refractivity (Wildman–Crippen MR) is 70.1 cm³/mol. The summed E-state index contributed by atoms with van der Waals surface area (Å²) in [7, 11) is 0. The molecule has 5 nitrogen and oxygen atoms in total. The van der Waals surface area contributed by atoms with Gasteiger partial charge in [-0.15, -0.1) is 0 Å². The fourth-order valence-electron chi connectivity index (χ4n) is 1.96. The zero-order chi connectivity index (χ0) is 12.8. The highest BCUT2D eigenvalue weighted by molar-refractivity contribution is 5.19. The highest BCUT2D eigenvalue weighted by Gasteiger charge is 2.18. The van der Waals surface area contributed by atoms with Crippen molar-refractivity contribution in [1.82, 2.24) is 24.8 Å². The van der Waals surface area contributed by atoms with Crippen LogP contribution in [-0.4, -0.2) is 26.1 Å². The molecule has 0 aromatic carbocycles. The number of nitrogens with one attached hydrogen (secondary N) is 1. The average molecular weight is 245 g/mol. The van der Waals surface area contributed by atoms with Crippen LogP contribution in [0.1, 0.15) is 37.7 Å². The molecule has 0 fully saturated rings. The van der Waals surface area contributed by atoms with Crippen molar-refractivity contribution in [2.45, 2.75) is 32.9 Å². The van der Waals surface area contributed by atoms with Gasteiger partial charge in [-0.25, -0.2) is 15.0 Å². The Morgan fingerprint density at radius 1 is 1.28 bits per heavy atom. The molecular weight excluding hydrogens is 226 g/mol. The van der Waals surface area contributed by atoms with E-state index in [1.54, 1.807) is 6.33 Å². The molecule has 0 aliphatic rings. The van der Waals surface area contributed by atoms with Gasteiger partial charge in [0.05, 0.1) is 6.04 Å². The van der Waals surface area contributed by atoms with Crippen LogP contribution < -0.4 is 5.32 Å². The van der Waals surface area contributed by atoms with Gasteiger partial charge in [-0.2, -0.15) is 0 Å². The lowest BCUT2D eigenvalue weighted by atomic mass is 10.1. The van der Waals surface area contributed by atoms with Gasteiger partial charge in [0.25, 0.3) is 0 Å². The van der Waals surface area contributed by atoms with E-state index >= 15 is 0 Å². The molecular formula is C13H19N5. The van der Waals surface area contributed by atoms with Crippen molar-refractivity contribution >= 4 is 0 Å². The molecule has 0 amide bonds. The summed E-state index contributed by atoms with van der Waals surface area (Å²) in [5, 5.41) is 3.50. The molecule has 2 aromatic rings. The smallest absolute Gasteiger partial charge is 0.130 e. The lowest BCUT2D eigenvalue weighted by Crippen LogP contribution is -2.26. The number of aryl methyl sites for hydroxylation is 1. The highest BCUT2D eigenvalue weighted by atomic mass is 15.1. The molecule has 0 saturated carbocycles. The molecule has 1 unspecified atom stereocenters. The molecule has 0 spiro atoms. The van der Waals surface area contributed by atoms with E-state index in [0.717, 1.165) is 30.9 Å². The number of rotatable bonds is 6. The van der Waals surface area contributed by atoms with Gasteiger partial charge in [-0.05, 0) is 19.9 Å². The number of aromatic nitrogens is 4. The standard InChI is InChI=1S/C13H19N5/c1-3-5-16-12(11-8-14-10-15-9-11)13-17-6-7-18(13)4-2/h6-10,12,16H,3-5H2,1-2H3. The molecule has 0 radical (unpaired) electrons. The Morgan fingerprint density at radius 3 is 2.72 bits per heavy atom. The number of imidazole rings is 1. The summed E-state index contributed by atoms with van der Waals surface area (Å²) in [6, 6.07) is 0.0566. The Balaban J connectivity index is 2.31. The minimum absolute atomic E-state index is 0.0566. The third kappa shape index (κ3) is 2.73. The van der Waals surface area contributed by atoms with E-state index in [9.17, 15) is 0 Å². The third-order valence-corrected chi connectivity index (χ3v) is 2.86. The van der Waals surface area contributed by atoms with Crippen LogP contribution in [0, 0.1) is 0 Å². The molecule has 0 bridgehead atoms. The van der Waals surface area contributed by atoms with Crippen LogP contribution in [0.4, 0.5) is 0 Å². The first kappa shape index (κ1) is 12.7. The predicted octanol–water partition coefficient (Wildman–Crippen LogP) is 1.78. The van der Waals surface area contributed by atoms with E-state index in [4.69, 9.17) is 0 Å². The van der Waals surface area contributed by atoms with Crippen molar-refractivity contribution in [3.63, 3.8) is 0 Å². The molecule has 1 N–H and O–H groups in total. The summed E-state index contributed by atoms with van der Waals surface area (Å²) >= 11 is 0. The topological polar surface area (TPSA) is 55.6 Å². The van der Waals surface area contributed by atoms with Gasteiger partial charge in [0.15, 0.2) is 0 Å². The van der Waals surface area contributed by atoms with Crippen LogP contribution in [0.5, 0.6) is 0 Å². The largest absolute Gasteiger partial charge is 0.334 e. The number of hydrogen-bond donors (Lipinski definition) is 1. The molecule has 1 atom stereocenters. The molecule has 5 heteroatoms. The lowest BCUT2D eigenvalue weighted by molar-refractivity contribution is 0.539. The Morgan fingerprint density at radius 2 is 2.06 bits per heavy atom. The zero-order valence-corrected chi connectivity index (χ0v) is 10.9. The van der Waals surface area contributed by atoms with E-state index in [0.29, 0.717) is 0 Å². The Hall–Kier alpha value is -1.75. The van der Waals surface area contributed by atoms with Gasteiger partial charge in [-0.1, -0.05) is 6.92 Å². The summed E-state index contributed by atoms with van der Waals surface area (Å²) in [6.07, 6.45) is 10.1. The molecule has 18 heavy (non-hydrogen) atoms. The lowest BCUT2D eigenvalue weighted by Gasteiger charge is -2.18. The van der Waals surface area contributed by atoms with Crippen LogP contribution in [0.2, 0.25) is 0 Å². The summed E-state index contributed by atoms with van der Waals surface area (Å²) < 4.78 is 2.14. The van der Waals surface area contributed by atoms with Gasteiger partial charge < -0.3 is 9.88 Å². The Bertz CT molecular complexity index is 465. The van der Waals surface area contributed by atoms with Crippen LogP contribution in [-0.2, 0) is 6.54 Å². The van der Waals surface area contributed by atoms with Crippen molar-refractivity contribution in [3.8, 4) is 0 Å². The van der Waals surface area contributed by atoms with Gasteiger partial charge in [0, 0.05) is 36.9 Å².